The lowest BCUT2D eigenvalue weighted by atomic mass is 10.0. The van der Waals surface area contributed by atoms with Crippen molar-refractivity contribution >= 4 is 51.7 Å². The molecule has 0 atom stereocenters. The number of hydrogen-bond donors (Lipinski definition) is 0. The van der Waals surface area contributed by atoms with Gasteiger partial charge in [0.1, 0.15) is 15.8 Å². The highest BCUT2D eigenvalue weighted by molar-refractivity contribution is 8.26. The monoisotopic (exact) mass is 514 g/mol. The predicted octanol–water partition coefficient (Wildman–Crippen LogP) is 3.82. The van der Waals surface area contributed by atoms with Crippen molar-refractivity contribution in [3.63, 3.8) is 0 Å². The van der Waals surface area contributed by atoms with Gasteiger partial charge < -0.3 is 14.4 Å². The number of rotatable bonds is 7. The maximum absolute atomic E-state index is 13.6. The summed E-state index contributed by atoms with van der Waals surface area (Å²) >= 11 is 6.76. The molecule has 0 aliphatic carbocycles. The van der Waals surface area contributed by atoms with E-state index >= 15 is 0 Å². The summed E-state index contributed by atoms with van der Waals surface area (Å²) in [7, 11) is 0. The fourth-order valence-corrected chi connectivity index (χ4v) is 6.11. The molecule has 1 amide bonds. The van der Waals surface area contributed by atoms with Crippen molar-refractivity contribution in [3.05, 3.63) is 45.2 Å². The third kappa shape index (κ3) is 4.89. The predicted molar refractivity (Wildman–Crippen MR) is 142 cm³/mol. The van der Waals surface area contributed by atoms with Gasteiger partial charge in [-0.1, -0.05) is 56.2 Å². The molecule has 0 saturated carbocycles. The Morgan fingerprint density at radius 2 is 1.91 bits per heavy atom. The molecule has 3 saturated heterocycles. The molecule has 0 unspecified atom stereocenters. The molecule has 8 nitrogen and oxygen atoms in total. The Hall–Kier alpha value is -2.27. The van der Waals surface area contributed by atoms with Gasteiger partial charge in [0.25, 0.3) is 11.5 Å². The minimum absolute atomic E-state index is 0.134. The van der Waals surface area contributed by atoms with E-state index < -0.39 is 5.79 Å². The summed E-state index contributed by atoms with van der Waals surface area (Å²) < 4.78 is 13.8. The number of fused-ring (bicyclic) bond motifs is 1. The summed E-state index contributed by atoms with van der Waals surface area (Å²) in [6.45, 7) is 5.29. The van der Waals surface area contributed by atoms with E-state index in [9.17, 15) is 9.59 Å². The van der Waals surface area contributed by atoms with Gasteiger partial charge in [-0.3, -0.25) is 18.9 Å². The minimum atomic E-state index is -0.525. The Bertz CT molecular complexity index is 1210. The minimum Gasteiger partial charge on any atom is -0.355 e. The number of anilines is 1. The number of amides is 1. The van der Waals surface area contributed by atoms with Crippen molar-refractivity contribution in [3.8, 4) is 0 Å². The van der Waals surface area contributed by atoms with Crippen LogP contribution in [-0.2, 0) is 14.3 Å². The second-order valence-corrected chi connectivity index (χ2v) is 10.7. The quantitative estimate of drug-likeness (QED) is 0.314. The second-order valence-electron chi connectivity index (χ2n) is 9.07. The van der Waals surface area contributed by atoms with Crippen molar-refractivity contribution in [2.24, 2.45) is 0 Å². The Kier molecular flexibility index (Phi) is 7.24. The van der Waals surface area contributed by atoms with E-state index in [4.69, 9.17) is 26.7 Å². The zero-order chi connectivity index (χ0) is 24.4. The zero-order valence-corrected chi connectivity index (χ0v) is 21.5. The average Bonchev–Trinajstić information content (AvgIpc) is 3.43. The lowest BCUT2D eigenvalue weighted by Gasteiger charge is -2.38. The summed E-state index contributed by atoms with van der Waals surface area (Å²) in [6, 6.07) is 5.48. The van der Waals surface area contributed by atoms with Crippen molar-refractivity contribution in [1.82, 2.24) is 14.3 Å². The first-order chi connectivity index (χ1) is 17.0. The first-order valence-corrected chi connectivity index (χ1v) is 13.5. The Labute approximate surface area is 214 Å². The van der Waals surface area contributed by atoms with Crippen LogP contribution in [0.4, 0.5) is 5.82 Å². The number of carbonyl (C=O) groups is 1. The molecule has 1 spiro atoms. The Morgan fingerprint density at radius 1 is 1.14 bits per heavy atom. The van der Waals surface area contributed by atoms with Crippen molar-refractivity contribution in [2.75, 3.05) is 37.7 Å². The van der Waals surface area contributed by atoms with Gasteiger partial charge in [-0.05, 0) is 24.6 Å². The number of thiocarbonyl (C=S) groups is 1. The van der Waals surface area contributed by atoms with Crippen LogP contribution in [0, 0.1) is 0 Å². The number of aromatic nitrogens is 2. The van der Waals surface area contributed by atoms with Crippen LogP contribution in [0.5, 0.6) is 0 Å². The van der Waals surface area contributed by atoms with Gasteiger partial charge in [-0.25, -0.2) is 4.98 Å². The van der Waals surface area contributed by atoms with Crippen LogP contribution in [0.3, 0.4) is 0 Å². The average molecular weight is 515 g/mol. The molecule has 5 rings (SSSR count). The maximum atomic E-state index is 13.6. The molecule has 0 radical (unpaired) electrons. The Morgan fingerprint density at radius 3 is 2.66 bits per heavy atom. The molecular formula is C25H30N4O4S2. The molecule has 186 valence electrons. The molecule has 2 aromatic rings. The number of unbranched alkanes of at least 4 members (excludes halogenated alkanes) is 3. The molecule has 3 aliphatic heterocycles. The molecule has 10 heteroatoms. The van der Waals surface area contributed by atoms with Crippen molar-refractivity contribution in [1.29, 1.82) is 0 Å². The fraction of sp³-hybridized carbons (Fsp3) is 0.520. The van der Waals surface area contributed by atoms with Crippen LogP contribution in [0.1, 0.15) is 51.0 Å². The smallest absolute Gasteiger partial charge is 0.267 e. The highest BCUT2D eigenvalue weighted by Crippen LogP contribution is 2.36. The second kappa shape index (κ2) is 10.4. The number of pyridine rings is 1. The normalized spacial score (nSPS) is 21.2. The Balaban J connectivity index is 1.47. The number of carbonyl (C=O) groups excluding carboxylic acids is 1. The van der Waals surface area contributed by atoms with Gasteiger partial charge >= 0.3 is 0 Å². The van der Waals surface area contributed by atoms with E-state index in [1.807, 2.05) is 12.1 Å². The fourth-order valence-electron chi connectivity index (χ4n) is 4.82. The van der Waals surface area contributed by atoms with Crippen LogP contribution in [-0.4, -0.2) is 63.1 Å². The van der Waals surface area contributed by atoms with Crippen LogP contribution in [0.2, 0.25) is 0 Å². The summed E-state index contributed by atoms with van der Waals surface area (Å²) in [6.07, 6.45) is 9.04. The van der Waals surface area contributed by atoms with Gasteiger partial charge in [0.2, 0.25) is 0 Å². The summed E-state index contributed by atoms with van der Waals surface area (Å²) in [5.74, 6) is -0.0735. The molecule has 0 bridgehead atoms. The highest BCUT2D eigenvalue weighted by atomic mass is 32.2. The van der Waals surface area contributed by atoms with Crippen molar-refractivity contribution in [2.45, 2.75) is 51.2 Å². The largest absolute Gasteiger partial charge is 0.355 e. The van der Waals surface area contributed by atoms with Crippen LogP contribution < -0.4 is 10.5 Å². The number of ether oxygens (including phenoxy) is 2. The molecule has 0 aromatic carbocycles. The zero-order valence-electron chi connectivity index (χ0n) is 19.9. The number of hydrogen-bond acceptors (Lipinski definition) is 8. The van der Waals surface area contributed by atoms with E-state index in [1.165, 1.54) is 16.2 Å². The number of thioether (sulfide) groups is 1. The first-order valence-electron chi connectivity index (χ1n) is 12.3. The summed E-state index contributed by atoms with van der Waals surface area (Å²) in [5.41, 5.74) is 0.777. The van der Waals surface area contributed by atoms with Gasteiger partial charge in [0, 0.05) is 38.7 Å². The van der Waals surface area contributed by atoms with E-state index in [2.05, 4.69) is 11.8 Å². The third-order valence-electron chi connectivity index (χ3n) is 6.77. The summed E-state index contributed by atoms with van der Waals surface area (Å²) in [5, 5.41) is 0. The SMILES string of the molecule is CCCCCCN1C(=O)C(=Cc2c(N3CCC4(CC3)OCCO4)nc3ccccn3c2=O)SC1=S. The molecule has 5 heterocycles. The number of nitrogens with zero attached hydrogens (tertiary/aromatic N) is 4. The van der Waals surface area contributed by atoms with Crippen molar-refractivity contribution < 1.29 is 14.3 Å². The van der Waals surface area contributed by atoms with E-state index in [0.29, 0.717) is 71.9 Å². The molecule has 35 heavy (non-hydrogen) atoms. The lowest BCUT2D eigenvalue weighted by Crippen LogP contribution is -2.46. The molecule has 2 aromatic heterocycles. The van der Waals surface area contributed by atoms with Gasteiger partial charge in [-0.2, -0.15) is 0 Å². The standard InChI is InChI=1S/C25H30N4O4S2/c1-2-3-4-6-12-29-23(31)19(35-24(29)34)17-18-21(26-20-8-5-7-11-28(20)22(18)30)27-13-9-25(10-14-27)32-15-16-33-25/h5,7-8,11,17H,2-4,6,9-10,12-16H2,1H3. The highest BCUT2D eigenvalue weighted by Gasteiger charge is 2.41. The topological polar surface area (TPSA) is 76.4 Å². The first kappa shape index (κ1) is 24.4. The lowest BCUT2D eigenvalue weighted by molar-refractivity contribution is -0.169. The molecule has 3 aliphatic rings. The van der Waals surface area contributed by atoms with Gasteiger partial charge in [-0.15, -0.1) is 0 Å². The van der Waals surface area contributed by atoms with Gasteiger partial charge in [0.15, 0.2) is 5.79 Å². The molecule has 0 N–H and O–H groups in total. The van der Waals surface area contributed by atoms with Crippen LogP contribution in [0.25, 0.3) is 11.7 Å². The van der Waals surface area contributed by atoms with Gasteiger partial charge in [0.05, 0.1) is 23.7 Å². The van der Waals surface area contributed by atoms with E-state index in [0.717, 1.165) is 25.7 Å². The molecule has 3 fully saturated rings. The number of piperidine rings is 1. The molecular weight excluding hydrogens is 484 g/mol. The third-order valence-corrected chi connectivity index (χ3v) is 8.15. The van der Waals surface area contributed by atoms with E-state index in [-0.39, 0.29) is 11.5 Å². The van der Waals surface area contributed by atoms with Crippen LogP contribution >= 0.6 is 24.0 Å². The van der Waals surface area contributed by atoms with Crippen LogP contribution in [0.15, 0.2) is 34.1 Å². The maximum Gasteiger partial charge on any atom is 0.267 e. The van der Waals surface area contributed by atoms with E-state index in [1.54, 1.807) is 23.2 Å². The summed E-state index contributed by atoms with van der Waals surface area (Å²) in [4.78, 5) is 35.8.